The van der Waals surface area contributed by atoms with Crippen LogP contribution in [-0.2, 0) is 11.8 Å². The van der Waals surface area contributed by atoms with Crippen LogP contribution in [0.15, 0.2) is 30.6 Å². The lowest BCUT2D eigenvalue weighted by Crippen LogP contribution is -2.30. The molecule has 0 spiro atoms. The summed E-state index contributed by atoms with van der Waals surface area (Å²) >= 11 is 6.16. The summed E-state index contributed by atoms with van der Waals surface area (Å²) in [5, 5.41) is 10.1. The van der Waals surface area contributed by atoms with Crippen molar-refractivity contribution < 1.29 is 9.59 Å². The van der Waals surface area contributed by atoms with Crippen molar-refractivity contribution in [1.29, 1.82) is 0 Å². The van der Waals surface area contributed by atoms with E-state index in [1.54, 1.807) is 63.5 Å². The van der Waals surface area contributed by atoms with E-state index < -0.39 is 6.04 Å². The summed E-state index contributed by atoms with van der Waals surface area (Å²) in [7, 11) is 6.79. The van der Waals surface area contributed by atoms with E-state index in [4.69, 9.17) is 11.6 Å². The molecule has 0 saturated heterocycles. The standard InChI is InChI=1S/C16H20ClN5O2/c1-18-14(10-8-19-22(4)9-10)15(23)20-11-5-6-12(13(17)7-11)16(24)21(2)3/h5-9,14,18H,1-4H3,(H,20,23). The predicted octanol–water partition coefficient (Wildman–Crippen LogP) is 1.67. The summed E-state index contributed by atoms with van der Waals surface area (Å²) in [6.07, 6.45) is 3.40. The van der Waals surface area contributed by atoms with Crippen LogP contribution >= 0.6 is 11.6 Å². The van der Waals surface area contributed by atoms with Crippen LogP contribution in [0.2, 0.25) is 5.02 Å². The lowest BCUT2D eigenvalue weighted by molar-refractivity contribution is -0.118. The normalized spacial score (nSPS) is 11.9. The smallest absolute Gasteiger partial charge is 0.254 e. The van der Waals surface area contributed by atoms with Gasteiger partial charge in [0.05, 0.1) is 16.8 Å². The van der Waals surface area contributed by atoms with Crippen molar-refractivity contribution in [3.05, 3.63) is 46.7 Å². The van der Waals surface area contributed by atoms with E-state index in [1.165, 1.54) is 4.90 Å². The Bertz CT molecular complexity index is 757. The van der Waals surface area contributed by atoms with Gasteiger partial charge in [-0.15, -0.1) is 0 Å². The van der Waals surface area contributed by atoms with E-state index in [-0.39, 0.29) is 16.8 Å². The second-order valence-electron chi connectivity index (χ2n) is 5.55. The first kappa shape index (κ1) is 18.0. The van der Waals surface area contributed by atoms with Crippen LogP contribution in [0.3, 0.4) is 0 Å². The maximum atomic E-state index is 12.5. The van der Waals surface area contributed by atoms with Gasteiger partial charge in [0, 0.05) is 38.6 Å². The number of nitrogens with one attached hydrogen (secondary N) is 2. The summed E-state index contributed by atoms with van der Waals surface area (Å²) in [5.41, 5.74) is 1.66. The molecule has 1 atom stereocenters. The van der Waals surface area contributed by atoms with Crippen molar-refractivity contribution in [2.24, 2.45) is 7.05 Å². The number of aromatic nitrogens is 2. The topological polar surface area (TPSA) is 79.3 Å². The Hall–Kier alpha value is -2.38. The van der Waals surface area contributed by atoms with E-state index in [1.807, 2.05) is 0 Å². The van der Waals surface area contributed by atoms with Crippen LogP contribution in [0.25, 0.3) is 0 Å². The molecule has 0 fully saturated rings. The van der Waals surface area contributed by atoms with Crippen molar-refractivity contribution in [3.8, 4) is 0 Å². The predicted molar refractivity (Wildman–Crippen MR) is 93.1 cm³/mol. The van der Waals surface area contributed by atoms with Gasteiger partial charge in [-0.25, -0.2) is 0 Å². The molecule has 1 heterocycles. The molecule has 1 unspecified atom stereocenters. The Morgan fingerprint density at radius 1 is 1.33 bits per heavy atom. The van der Waals surface area contributed by atoms with Gasteiger partial charge in [0.1, 0.15) is 6.04 Å². The van der Waals surface area contributed by atoms with Gasteiger partial charge in [-0.1, -0.05) is 11.6 Å². The first-order valence-corrected chi connectivity index (χ1v) is 7.69. The fraction of sp³-hybridized carbons (Fsp3) is 0.312. The van der Waals surface area contributed by atoms with Crippen molar-refractivity contribution in [3.63, 3.8) is 0 Å². The van der Waals surface area contributed by atoms with E-state index in [2.05, 4.69) is 15.7 Å². The number of carbonyl (C=O) groups is 2. The summed E-state index contributed by atoms with van der Waals surface area (Å²) in [5.74, 6) is -0.436. The third-order valence-corrected chi connectivity index (χ3v) is 3.79. The number of benzene rings is 1. The quantitative estimate of drug-likeness (QED) is 0.860. The van der Waals surface area contributed by atoms with E-state index in [9.17, 15) is 9.59 Å². The highest BCUT2D eigenvalue weighted by atomic mass is 35.5. The van der Waals surface area contributed by atoms with Gasteiger partial charge >= 0.3 is 0 Å². The maximum absolute atomic E-state index is 12.5. The Morgan fingerprint density at radius 2 is 2.04 bits per heavy atom. The number of hydrogen-bond acceptors (Lipinski definition) is 4. The Labute approximate surface area is 145 Å². The molecule has 1 aromatic heterocycles. The zero-order valence-electron chi connectivity index (χ0n) is 14.0. The van der Waals surface area contributed by atoms with Crippen molar-refractivity contribution >= 4 is 29.1 Å². The summed E-state index contributed by atoms with van der Waals surface area (Å²) in [6, 6.07) is 4.27. The van der Waals surface area contributed by atoms with Gasteiger partial charge < -0.3 is 15.5 Å². The van der Waals surface area contributed by atoms with Gasteiger partial charge in [-0.3, -0.25) is 14.3 Å². The van der Waals surface area contributed by atoms with Gasteiger partial charge in [0.25, 0.3) is 5.91 Å². The first-order valence-electron chi connectivity index (χ1n) is 7.31. The molecule has 2 amide bonds. The molecule has 0 saturated carbocycles. The van der Waals surface area contributed by atoms with Crippen LogP contribution in [-0.4, -0.2) is 47.6 Å². The van der Waals surface area contributed by atoms with Crippen LogP contribution in [0.1, 0.15) is 22.0 Å². The largest absolute Gasteiger partial charge is 0.345 e. The van der Waals surface area contributed by atoms with E-state index in [0.717, 1.165) is 5.56 Å². The first-order chi connectivity index (χ1) is 11.3. The second kappa shape index (κ2) is 7.46. The Balaban J connectivity index is 2.16. The molecule has 128 valence electrons. The zero-order chi connectivity index (χ0) is 17.9. The number of hydrogen-bond donors (Lipinski definition) is 2. The molecular weight excluding hydrogens is 330 g/mol. The second-order valence-corrected chi connectivity index (χ2v) is 5.96. The molecule has 0 radical (unpaired) electrons. The van der Waals surface area contributed by atoms with Crippen LogP contribution in [0, 0.1) is 0 Å². The van der Waals surface area contributed by atoms with E-state index in [0.29, 0.717) is 11.3 Å². The van der Waals surface area contributed by atoms with Crippen molar-refractivity contribution in [2.45, 2.75) is 6.04 Å². The van der Waals surface area contributed by atoms with Crippen LogP contribution in [0.4, 0.5) is 5.69 Å². The molecule has 2 N–H and O–H groups in total. The van der Waals surface area contributed by atoms with Crippen molar-refractivity contribution in [1.82, 2.24) is 20.0 Å². The minimum Gasteiger partial charge on any atom is -0.345 e. The SMILES string of the molecule is CNC(C(=O)Nc1ccc(C(=O)N(C)C)c(Cl)c1)c1cnn(C)c1. The molecule has 2 aromatic rings. The number of anilines is 1. The Morgan fingerprint density at radius 3 is 2.54 bits per heavy atom. The summed E-state index contributed by atoms with van der Waals surface area (Å²) < 4.78 is 1.63. The lowest BCUT2D eigenvalue weighted by Gasteiger charge is -2.16. The molecule has 0 aliphatic carbocycles. The number of amides is 2. The fourth-order valence-electron chi connectivity index (χ4n) is 2.26. The van der Waals surface area contributed by atoms with Gasteiger partial charge in [0.15, 0.2) is 0 Å². The fourth-order valence-corrected chi connectivity index (χ4v) is 2.52. The van der Waals surface area contributed by atoms with Crippen molar-refractivity contribution in [2.75, 3.05) is 26.5 Å². The summed E-state index contributed by atoms with van der Waals surface area (Å²) in [4.78, 5) is 25.9. The minimum atomic E-state index is -0.541. The summed E-state index contributed by atoms with van der Waals surface area (Å²) in [6.45, 7) is 0. The molecule has 0 bridgehead atoms. The average molecular weight is 350 g/mol. The number of aryl methyl sites for hydroxylation is 1. The average Bonchev–Trinajstić information content (AvgIpc) is 2.93. The molecule has 1 aromatic carbocycles. The number of likely N-dealkylation sites (N-methyl/N-ethyl adjacent to an activating group) is 1. The Kier molecular flexibility index (Phi) is 5.58. The van der Waals surface area contributed by atoms with Gasteiger partial charge in [-0.05, 0) is 25.2 Å². The van der Waals surface area contributed by atoms with Gasteiger partial charge in [0.2, 0.25) is 5.91 Å². The third kappa shape index (κ3) is 3.93. The molecule has 24 heavy (non-hydrogen) atoms. The van der Waals surface area contributed by atoms with Gasteiger partial charge in [-0.2, -0.15) is 5.10 Å². The van der Waals surface area contributed by atoms with E-state index >= 15 is 0 Å². The molecule has 2 rings (SSSR count). The number of nitrogens with zero attached hydrogens (tertiary/aromatic N) is 3. The molecular formula is C16H20ClN5O2. The zero-order valence-corrected chi connectivity index (χ0v) is 14.8. The number of halogens is 1. The van der Waals surface area contributed by atoms with Crippen LogP contribution in [0.5, 0.6) is 0 Å². The molecule has 8 heteroatoms. The highest BCUT2D eigenvalue weighted by Gasteiger charge is 2.21. The monoisotopic (exact) mass is 349 g/mol. The molecule has 0 aliphatic heterocycles. The van der Waals surface area contributed by atoms with Crippen LogP contribution < -0.4 is 10.6 Å². The highest BCUT2D eigenvalue weighted by Crippen LogP contribution is 2.23. The lowest BCUT2D eigenvalue weighted by atomic mass is 10.1. The maximum Gasteiger partial charge on any atom is 0.254 e. The molecule has 7 nitrogen and oxygen atoms in total. The number of rotatable bonds is 5. The minimum absolute atomic E-state index is 0.193. The number of carbonyl (C=O) groups excluding carboxylic acids is 2. The molecule has 0 aliphatic rings. The highest BCUT2D eigenvalue weighted by molar-refractivity contribution is 6.34. The third-order valence-electron chi connectivity index (χ3n) is 3.48.